The van der Waals surface area contributed by atoms with Gasteiger partial charge in [-0.05, 0) is 48.6 Å². The molecule has 1 aromatic rings. The van der Waals surface area contributed by atoms with Gasteiger partial charge in [-0.15, -0.1) is 0 Å². The highest BCUT2D eigenvalue weighted by Crippen LogP contribution is 2.33. The van der Waals surface area contributed by atoms with Crippen LogP contribution in [0.25, 0.3) is 10.4 Å². The van der Waals surface area contributed by atoms with E-state index in [9.17, 15) is 24.3 Å². The third kappa shape index (κ3) is 13.6. The molecule has 8 N–H and O–H groups in total. The summed E-state index contributed by atoms with van der Waals surface area (Å²) in [5.41, 5.74) is 10.6. The average Bonchev–Trinajstić information content (AvgIpc) is 3.63. The number of rotatable bonds is 22. The van der Waals surface area contributed by atoms with Gasteiger partial charge in [0.1, 0.15) is 6.04 Å². The fourth-order valence-corrected chi connectivity index (χ4v) is 7.62. The molecular formula is C33H53N9O7S. The Kier molecular flexibility index (Phi) is 17.1. The molecule has 0 aliphatic carbocycles. The molecule has 0 aromatic heterocycles. The maximum atomic E-state index is 13.5. The molecule has 6 unspecified atom stereocenters. The molecule has 278 valence electrons. The van der Waals surface area contributed by atoms with Crippen molar-refractivity contribution in [2.24, 2.45) is 16.4 Å². The largest absolute Gasteiger partial charge is 0.390 e. The summed E-state index contributed by atoms with van der Waals surface area (Å²) in [7, 11) is 0. The van der Waals surface area contributed by atoms with Crippen LogP contribution in [0.15, 0.2) is 29.4 Å². The normalized spacial score (nSPS) is 20.0. The second-order valence-electron chi connectivity index (χ2n) is 13.9. The molecule has 5 amide bonds. The van der Waals surface area contributed by atoms with E-state index < -0.39 is 29.4 Å². The summed E-state index contributed by atoms with van der Waals surface area (Å²) in [5, 5.41) is 38.1. The van der Waals surface area contributed by atoms with Crippen LogP contribution >= 0.6 is 11.8 Å². The summed E-state index contributed by atoms with van der Waals surface area (Å²) in [6.07, 6.45) is 5.36. The van der Waals surface area contributed by atoms with Gasteiger partial charge in [0.15, 0.2) is 0 Å². The summed E-state index contributed by atoms with van der Waals surface area (Å²) in [6, 6.07) is 5.98. The van der Waals surface area contributed by atoms with Crippen molar-refractivity contribution in [1.29, 1.82) is 0 Å². The number of amides is 5. The van der Waals surface area contributed by atoms with Gasteiger partial charge in [-0.1, -0.05) is 75.1 Å². The Balaban J connectivity index is 1.34. The van der Waals surface area contributed by atoms with Crippen LogP contribution < -0.4 is 32.2 Å². The topological polar surface area (TPSA) is 239 Å². The molecule has 50 heavy (non-hydrogen) atoms. The fraction of sp³-hybridized carbons (Fsp3) is 0.697. The molecule has 1 aromatic carbocycles. The number of hydrogen-bond acceptors (Lipinski definition) is 10. The van der Waals surface area contributed by atoms with Crippen LogP contribution in [0, 0.1) is 11.3 Å². The highest BCUT2D eigenvalue weighted by atomic mass is 32.2. The van der Waals surface area contributed by atoms with Gasteiger partial charge in [0.25, 0.3) is 0 Å². The van der Waals surface area contributed by atoms with Crippen LogP contribution in [0.2, 0.25) is 0 Å². The summed E-state index contributed by atoms with van der Waals surface area (Å²) < 4.78 is 0. The second-order valence-corrected chi connectivity index (χ2v) is 15.1. The van der Waals surface area contributed by atoms with Crippen molar-refractivity contribution in [1.82, 2.24) is 32.2 Å². The van der Waals surface area contributed by atoms with Crippen molar-refractivity contribution < 1.29 is 34.3 Å². The zero-order valence-electron chi connectivity index (χ0n) is 29.2. The summed E-state index contributed by atoms with van der Waals surface area (Å²) >= 11 is 1.88. The number of urea groups is 1. The van der Waals surface area contributed by atoms with Gasteiger partial charge in [-0.25, -0.2) is 4.79 Å². The van der Waals surface area contributed by atoms with E-state index in [0.29, 0.717) is 36.0 Å². The Morgan fingerprint density at radius 3 is 2.40 bits per heavy atom. The lowest BCUT2D eigenvalue weighted by atomic mass is 9.85. The van der Waals surface area contributed by atoms with E-state index in [0.717, 1.165) is 50.7 Å². The molecule has 2 heterocycles. The number of hydrogen-bond donors (Lipinski definition) is 8. The van der Waals surface area contributed by atoms with Crippen molar-refractivity contribution >= 4 is 41.2 Å². The van der Waals surface area contributed by atoms with Crippen LogP contribution in [0.5, 0.6) is 0 Å². The van der Waals surface area contributed by atoms with E-state index in [1.807, 2.05) is 32.5 Å². The first-order valence-corrected chi connectivity index (χ1v) is 18.3. The van der Waals surface area contributed by atoms with Gasteiger partial charge >= 0.3 is 6.03 Å². The molecule has 17 heteroatoms. The standard InChI is InChI=1S/C33H53N9O7S/c1-33(2,3)29(39-30(45)23(25(43)19-49-42-48)18-21-12-14-22(15-13-21)40-41-34)31(46)36-17-9-5-4-8-16-35-27(44)11-7-6-10-26-28-24(20-50-26)37-32(47)38-28/h12-15,23-26,28-29,42-43,48H,4-11,16-20H2,1-3H3,(H,35,44)(H,36,46)(H,39,45)(H2,37,38,47). The first-order chi connectivity index (χ1) is 23.9. The van der Waals surface area contributed by atoms with Gasteiger partial charge in [-0.2, -0.15) is 11.8 Å². The van der Waals surface area contributed by atoms with Crippen molar-refractivity contribution in [2.45, 2.75) is 108 Å². The van der Waals surface area contributed by atoms with Crippen molar-refractivity contribution in [3.63, 3.8) is 0 Å². The number of aliphatic hydroxyl groups is 1. The van der Waals surface area contributed by atoms with E-state index in [-0.39, 0.29) is 43.0 Å². The van der Waals surface area contributed by atoms with E-state index in [2.05, 4.69) is 36.6 Å². The lowest BCUT2D eigenvalue weighted by molar-refractivity contribution is -0.158. The zero-order chi connectivity index (χ0) is 36.5. The van der Waals surface area contributed by atoms with Crippen molar-refractivity contribution in [3.8, 4) is 0 Å². The fourth-order valence-electron chi connectivity index (χ4n) is 6.08. The molecule has 3 rings (SSSR count). The van der Waals surface area contributed by atoms with Gasteiger partial charge < -0.3 is 31.7 Å². The molecule has 2 fully saturated rings. The van der Waals surface area contributed by atoms with Gasteiger partial charge in [-0.3, -0.25) is 24.4 Å². The molecular weight excluding hydrogens is 666 g/mol. The van der Waals surface area contributed by atoms with E-state index in [1.54, 1.807) is 24.3 Å². The molecule has 0 saturated carbocycles. The van der Waals surface area contributed by atoms with Crippen LogP contribution in [-0.4, -0.2) is 89.0 Å². The Hall–Kier alpha value is -3.60. The zero-order valence-corrected chi connectivity index (χ0v) is 30.0. The number of unbranched alkanes of at least 4 members (excludes halogenated alkanes) is 4. The summed E-state index contributed by atoms with van der Waals surface area (Å²) in [4.78, 5) is 57.9. The number of thioether (sulfide) groups is 1. The Labute approximate surface area is 297 Å². The van der Waals surface area contributed by atoms with E-state index in [4.69, 9.17) is 15.6 Å². The number of aliphatic hydroxyl groups excluding tert-OH is 1. The van der Waals surface area contributed by atoms with Crippen LogP contribution in [-0.2, 0) is 25.6 Å². The first kappa shape index (κ1) is 40.8. The molecule has 2 saturated heterocycles. The number of nitrogens with zero attached hydrogens (tertiary/aromatic N) is 3. The minimum absolute atomic E-state index is 0.0518. The molecule has 0 bridgehead atoms. The number of benzene rings is 1. The molecule has 2 aliphatic heterocycles. The molecule has 2 aliphatic rings. The molecule has 6 atom stereocenters. The number of fused-ring (bicyclic) bond motifs is 1. The van der Waals surface area contributed by atoms with Gasteiger partial charge in [0.2, 0.25) is 17.7 Å². The van der Waals surface area contributed by atoms with Crippen LogP contribution in [0.4, 0.5) is 10.5 Å². The highest BCUT2D eigenvalue weighted by Gasteiger charge is 2.42. The molecule has 0 radical (unpaired) electrons. The van der Waals surface area contributed by atoms with Gasteiger partial charge in [0.05, 0.1) is 30.7 Å². The lowest BCUT2D eigenvalue weighted by Gasteiger charge is -2.32. The Morgan fingerprint density at radius 2 is 1.74 bits per heavy atom. The first-order valence-electron chi connectivity index (χ1n) is 17.3. The Bertz CT molecular complexity index is 1310. The third-order valence-corrected chi connectivity index (χ3v) is 10.4. The SMILES string of the molecule is CC(C)(C)C(NC(=O)C(Cc1ccc(N=[N+]=[N-])cc1)C(O)CONO)C(=O)NCCCCCCNC(=O)CCCCC1SCC2NC(=O)NC21. The predicted molar refractivity (Wildman–Crippen MR) is 189 cm³/mol. The summed E-state index contributed by atoms with van der Waals surface area (Å²) in [5.74, 6) is -0.931. The van der Waals surface area contributed by atoms with E-state index in [1.165, 1.54) is 5.64 Å². The van der Waals surface area contributed by atoms with E-state index >= 15 is 0 Å². The minimum atomic E-state index is -1.31. The summed E-state index contributed by atoms with van der Waals surface area (Å²) in [6.45, 7) is 6.15. The minimum Gasteiger partial charge on any atom is -0.390 e. The molecule has 16 nitrogen and oxygen atoms in total. The van der Waals surface area contributed by atoms with Crippen LogP contribution in [0.1, 0.15) is 77.7 Å². The number of carbonyl (C=O) groups excluding carboxylic acids is 4. The molecule has 0 spiro atoms. The third-order valence-electron chi connectivity index (χ3n) is 8.89. The smallest absolute Gasteiger partial charge is 0.315 e. The van der Waals surface area contributed by atoms with Crippen molar-refractivity contribution in [2.75, 3.05) is 25.4 Å². The number of nitrogens with one attached hydrogen (secondary N) is 6. The van der Waals surface area contributed by atoms with Crippen molar-refractivity contribution in [3.05, 3.63) is 40.3 Å². The monoisotopic (exact) mass is 719 g/mol. The van der Waals surface area contributed by atoms with Crippen LogP contribution in [0.3, 0.4) is 0 Å². The maximum Gasteiger partial charge on any atom is 0.315 e. The number of azide groups is 1. The Morgan fingerprint density at radius 1 is 1.04 bits per heavy atom. The lowest BCUT2D eigenvalue weighted by Crippen LogP contribution is -2.56. The average molecular weight is 720 g/mol. The maximum absolute atomic E-state index is 13.5. The predicted octanol–water partition coefficient (Wildman–Crippen LogP) is 3.11. The quantitative estimate of drug-likeness (QED) is 0.0219. The van der Waals surface area contributed by atoms with Gasteiger partial charge in [0, 0.05) is 41.1 Å². The highest BCUT2D eigenvalue weighted by molar-refractivity contribution is 8.00. The number of carbonyl (C=O) groups is 4. The second kappa shape index (κ2) is 20.9.